The van der Waals surface area contributed by atoms with Gasteiger partial charge in [-0.3, -0.25) is 14.9 Å². The van der Waals surface area contributed by atoms with Crippen LogP contribution in [-0.2, 0) is 16.1 Å². The molecule has 0 atom stereocenters. The lowest BCUT2D eigenvalue weighted by Crippen LogP contribution is -2.26. The number of hydrogen-bond donors (Lipinski definition) is 2. The summed E-state index contributed by atoms with van der Waals surface area (Å²) in [4.78, 5) is 31.7. The maximum absolute atomic E-state index is 13.1. The van der Waals surface area contributed by atoms with Crippen LogP contribution >= 0.6 is 15.9 Å². The van der Waals surface area contributed by atoms with Gasteiger partial charge in [0, 0.05) is 62.9 Å². The van der Waals surface area contributed by atoms with Crippen LogP contribution in [0.15, 0.2) is 59.3 Å². The van der Waals surface area contributed by atoms with Crippen molar-refractivity contribution in [3.05, 3.63) is 70.5 Å². The number of halogens is 1. The van der Waals surface area contributed by atoms with Crippen molar-refractivity contribution in [1.82, 2.24) is 19.8 Å². The summed E-state index contributed by atoms with van der Waals surface area (Å²) < 4.78 is 3.08. The van der Waals surface area contributed by atoms with Gasteiger partial charge in [0.2, 0.25) is 0 Å². The van der Waals surface area contributed by atoms with Crippen molar-refractivity contribution < 1.29 is 9.59 Å². The van der Waals surface area contributed by atoms with Crippen molar-refractivity contribution in [1.29, 1.82) is 0 Å². The fraction of sp³-hybridized carbons (Fsp3) is 0.231. The number of aromatic amines is 1. The maximum Gasteiger partial charge on any atom is 0.259 e. The Labute approximate surface area is 200 Å². The highest BCUT2D eigenvalue weighted by molar-refractivity contribution is 9.10. The molecular weight excluding hydrogens is 480 g/mol. The second-order valence-corrected chi connectivity index (χ2v) is 9.03. The molecule has 7 heteroatoms. The first kappa shape index (κ1) is 21.7. The molecule has 0 saturated carbocycles. The molecule has 2 aromatic heterocycles. The minimum absolute atomic E-state index is 0.362. The van der Waals surface area contributed by atoms with Gasteiger partial charge < -0.3 is 14.5 Å². The summed E-state index contributed by atoms with van der Waals surface area (Å²) in [6.45, 7) is 7.98. The summed E-state index contributed by atoms with van der Waals surface area (Å²) in [6.07, 6.45) is 3.83. The average Bonchev–Trinajstić information content (AvgIpc) is 3.48. The lowest BCUT2D eigenvalue weighted by molar-refractivity contribution is -0.122. The third kappa shape index (κ3) is 3.61. The molecule has 6 nitrogen and oxygen atoms in total. The average molecular weight is 505 g/mol. The van der Waals surface area contributed by atoms with Crippen LogP contribution in [0.25, 0.3) is 33.0 Å². The molecule has 0 aliphatic carbocycles. The Morgan fingerprint density at radius 2 is 1.67 bits per heavy atom. The molecule has 0 radical (unpaired) electrons. The summed E-state index contributed by atoms with van der Waals surface area (Å²) in [7, 11) is 0. The van der Waals surface area contributed by atoms with Gasteiger partial charge in [0.15, 0.2) is 0 Å². The van der Waals surface area contributed by atoms with Gasteiger partial charge >= 0.3 is 0 Å². The second-order valence-electron chi connectivity index (χ2n) is 8.18. The fourth-order valence-electron chi connectivity index (χ4n) is 4.72. The van der Waals surface area contributed by atoms with Crippen molar-refractivity contribution in [2.75, 3.05) is 19.6 Å². The highest BCUT2D eigenvalue weighted by atomic mass is 79.9. The van der Waals surface area contributed by atoms with Gasteiger partial charge in [0.25, 0.3) is 11.8 Å². The molecule has 2 N–H and O–H groups in total. The summed E-state index contributed by atoms with van der Waals surface area (Å²) in [5.41, 5.74) is 4.29. The Balaban J connectivity index is 1.73. The SMILES string of the molecule is CCN(CC)CCn1cc(C2=C(c3c[nH]c4ccccc34)C(=O)NC2=O)c2c(Br)cccc21. The van der Waals surface area contributed by atoms with Crippen LogP contribution in [-0.4, -0.2) is 45.9 Å². The number of amides is 2. The van der Waals surface area contributed by atoms with Crippen LogP contribution in [0, 0.1) is 0 Å². The Hall–Kier alpha value is -3.16. The molecule has 2 aromatic carbocycles. The van der Waals surface area contributed by atoms with E-state index in [1.165, 1.54) is 0 Å². The van der Waals surface area contributed by atoms with Gasteiger partial charge in [-0.05, 0) is 31.3 Å². The normalized spacial score (nSPS) is 14.3. The monoisotopic (exact) mass is 504 g/mol. The van der Waals surface area contributed by atoms with Gasteiger partial charge in [-0.2, -0.15) is 0 Å². The number of H-pyrrole nitrogens is 1. The molecular formula is C26H25BrN4O2. The lowest BCUT2D eigenvalue weighted by atomic mass is 9.95. The number of fused-ring (bicyclic) bond motifs is 2. The highest BCUT2D eigenvalue weighted by Gasteiger charge is 2.35. The topological polar surface area (TPSA) is 70.1 Å². The van der Waals surface area contributed by atoms with E-state index in [1.807, 2.05) is 48.8 Å². The minimum Gasteiger partial charge on any atom is -0.361 e. The zero-order chi connectivity index (χ0) is 23.1. The van der Waals surface area contributed by atoms with Crippen molar-refractivity contribution in [3.8, 4) is 0 Å². The van der Waals surface area contributed by atoms with Crippen LogP contribution < -0.4 is 5.32 Å². The van der Waals surface area contributed by atoms with E-state index in [1.54, 1.807) is 0 Å². The predicted octanol–water partition coefficient (Wildman–Crippen LogP) is 4.79. The Bertz CT molecular complexity index is 1420. The first-order chi connectivity index (χ1) is 16.0. The molecule has 0 unspecified atom stereocenters. The number of aromatic nitrogens is 2. The Morgan fingerprint density at radius 3 is 2.42 bits per heavy atom. The number of para-hydroxylation sites is 1. The number of carbonyl (C=O) groups excluding carboxylic acids is 2. The van der Waals surface area contributed by atoms with E-state index in [9.17, 15) is 9.59 Å². The molecule has 0 fully saturated rings. The van der Waals surface area contributed by atoms with Crippen LogP contribution in [0.4, 0.5) is 0 Å². The molecule has 5 rings (SSSR count). The van der Waals surface area contributed by atoms with Gasteiger partial charge in [0.1, 0.15) is 0 Å². The fourth-order valence-corrected chi connectivity index (χ4v) is 5.29. The second kappa shape index (κ2) is 8.65. The lowest BCUT2D eigenvalue weighted by Gasteiger charge is -2.18. The summed E-state index contributed by atoms with van der Waals surface area (Å²) in [5.74, 6) is -0.727. The van der Waals surface area contributed by atoms with Gasteiger partial charge in [-0.1, -0.05) is 54.0 Å². The van der Waals surface area contributed by atoms with Crippen molar-refractivity contribution in [3.63, 3.8) is 0 Å². The summed E-state index contributed by atoms with van der Waals surface area (Å²) in [5, 5.41) is 4.39. The molecule has 33 heavy (non-hydrogen) atoms. The van der Waals surface area contributed by atoms with Crippen LogP contribution in [0.2, 0.25) is 0 Å². The van der Waals surface area contributed by atoms with Crippen LogP contribution in [0.5, 0.6) is 0 Å². The van der Waals surface area contributed by atoms with E-state index in [2.05, 4.69) is 55.6 Å². The molecule has 0 spiro atoms. The Morgan fingerprint density at radius 1 is 0.939 bits per heavy atom. The van der Waals surface area contributed by atoms with E-state index in [-0.39, 0.29) is 11.8 Å². The smallest absolute Gasteiger partial charge is 0.259 e. The molecule has 1 aliphatic heterocycles. The number of likely N-dealkylation sites (N-methyl/N-ethyl adjacent to an activating group) is 1. The largest absolute Gasteiger partial charge is 0.361 e. The number of rotatable bonds is 7. The third-order valence-corrected chi connectivity index (χ3v) is 7.13. The molecule has 2 amide bonds. The summed E-state index contributed by atoms with van der Waals surface area (Å²) >= 11 is 3.69. The number of nitrogens with one attached hydrogen (secondary N) is 2. The van der Waals surface area contributed by atoms with E-state index in [4.69, 9.17) is 0 Å². The molecule has 3 heterocycles. The molecule has 4 aromatic rings. The van der Waals surface area contributed by atoms with Crippen LogP contribution in [0.3, 0.4) is 0 Å². The van der Waals surface area contributed by atoms with Gasteiger partial charge in [-0.25, -0.2) is 0 Å². The van der Waals surface area contributed by atoms with Gasteiger partial charge in [-0.15, -0.1) is 0 Å². The van der Waals surface area contributed by atoms with E-state index in [0.29, 0.717) is 11.1 Å². The first-order valence-electron chi connectivity index (χ1n) is 11.2. The van der Waals surface area contributed by atoms with E-state index in [0.717, 1.165) is 63.6 Å². The van der Waals surface area contributed by atoms with Crippen molar-refractivity contribution in [2.24, 2.45) is 0 Å². The third-order valence-electron chi connectivity index (χ3n) is 6.47. The Kier molecular flexibility index (Phi) is 5.68. The van der Waals surface area contributed by atoms with Crippen molar-refractivity contribution >= 4 is 60.7 Å². The molecule has 0 saturated heterocycles. The number of nitrogens with zero attached hydrogens (tertiary/aromatic N) is 2. The zero-order valence-corrected chi connectivity index (χ0v) is 20.2. The quantitative estimate of drug-likeness (QED) is 0.355. The van der Waals surface area contributed by atoms with Crippen molar-refractivity contribution in [2.45, 2.75) is 20.4 Å². The molecule has 1 aliphatic rings. The zero-order valence-electron chi connectivity index (χ0n) is 18.6. The van der Waals surface area contributed by atoms with E-state index >= 15 is 0 Å². The summed E-state index contributed by atoms with van der Waals surface area (Å²) in [6, 6.07) is 13.8. The minimum atomic E-state index is -0.365. The number of benzene rings is 2. The number of hydrogen-bond acceptors (Lipinski definition) is 3. The highest BCUT2D eigenvalue weighted by Crippen LogP contribution is 2.40. The first-order valence-corrected chi connectivity index (χ1v) is 12.0. The molecule has 168 valence electrons. The number of imide groups is 1. The molecule has 0 bridgehead atoms. The van der Waals surface area contributed by atoms with E-state index < -0.39 is 0 Å². The van der Waals surface area contributed by atoms with Crippen LogP contribution in [0.1, 0.15) is 25.0 Å². The predicted molar refractivity (Wildman–Crippen MR) is 136 cm³/mol. The maximum atomic E-state index is 13.1. The standard InChI is InChI=1S/C26H25BrN4O2/c1-3-30(4-2)12-13-31-15-18(22-19(27)9-7-11-21(22)31)24-23(25(32)29-26(24)33)17-14-28-20-10-6-5-8-16(17)20/h5-11,14-15,28H,3-4,12-13H2,1-2H3,(H,29,32,33). The number of carbonyl (C=O) groups is 2. The van der Waals surface area contributed by atoms with Gasteiger partial charge in [0.05, 0.1) is 11.1 Å².